The Balaban J connectivity index is 1.50. The second-order valence-corrected chi connectivity index (χ2v) is 7.39. The predicted octanol–water partition coefficient (Wildman–Crippen LogP) is 5.14. The van der Waals surface area contributed by atoms with Crippen molar-refractivity contribution in [1.82, 2.24) is 0 Å². The summed E-state index contributed by atoms with van der Waals surface area (Å²) in [5.41, 5.74) is 3.89. The van der Waals surface area contributed by atoms with Crippen molar-refractivity contribution in [3.05, 3.63) is 110 Å². The van der Waals surface area contributed by atoms with Crippen LogP contribution in [0.1, 0.15) is 27.8 Å². The minimum absolute atomic E-state index is 0.0556. The number of hydrogen-bond donors (Lipinski definition) is 0. The highest BCUT2D eigenvalue weighted by atomic mass is 16.6. The average Bonchev–Trinajstić information content (AvgIpc) is 3.13. The number of nitrogens with zero attached hydrogens (tertiary/aromatic N) is 2. The van der Waals surface area contributed by atoms with Gasteiger partial charge in [-0.3, -0.25) is 10.1 Å². The van der Waals surface area contributed by atoms with Gasteiger partial charge in [-0.1, -0.05) is 48.0 Å². The zero-order valence-electron chi connectivity index (χ0n) is 17.6. The van der Waals surface area contributed by atoms with E-state index in [1.54, 1.807) is 19.1 Å². The first-order valence-corrected chi connectivity index (χ1v) is 9.96. The molecule has 160 valence electrons. The molecule has 1 heterocycles. The molecule has 3 aromatic carbocycles. The van der Waals surface area contributed by atoms with E-state index in [1.807, 2.05) is 49.4 Å². The normalized spacial score (nSPS) is 14.2. The van der Waals surface area contributed by atoms with E-state index in [-0.39, 0.29) is 17.3 Å². The van der Waals surface area contributed by atoms with Gasteiger partial charge in [0.1, 0.15) is 12.4 Å². The zero-order valence-corrected chi connectivity index (χ0v) is 17.6. The van der Waals surface area contributed by atoms with Crippen molar-refractivity contribution in [2.75, 3.05) is 0 Å². The Morgan fingerprint density at radius 1 is 1.06 bits per heavy atom. The summed E-state index contributed by atoms with van der Waals surface area (Å²) in [4.78, 5) is 27.2. The molecule has 32 heavy (non-hydrogen) atoms. The van der Waals surface area contributed by atoms with E-state index in [4.69, 9.17) is 9.47 Å². The molecule has 0 unspecified atom stereocenters. The molecule has 0 N–H and O–H groups in total. The monoisotopic (exact) mass is 428 g/mol. The van der Waals surface area contributed by atoms with Crippen LogP contribution in [0, 0.1) is 24.0 Å². The van der Waals surface area contributed by atoms with Crippen molar-refractivity contribution in [3.63, 3.8) is 0 Å². The van der Waals surface area contributed by atoms with Gasteiger partial charge in [-0.2, -0.15) is 0 Å². The summed E-state index contributed by atoms with van der Waals surface area (Å²) >= 11 is 0. The van der Waals surface area contributed by atoms with Crippen LogP contribution in [0.15, 0.2) is 77.4 Å². The zero-order chi connectivity index (χ0) is 22.7. The van der Waals surface area contributed by atoms with Gasteiger partial charge in [-0.15, -0.1) is 0 Å². The Morgan fingerprint density at radius 2 is 1.81 bits per heavy atom. The van der Waals surface area contributed by atoms with Crippen LogP contribution in [-0.2, 0) is 16.1 Å². The molecule has 7 heteroatoms. The summed E-state index contributed by atoms with van der Waals surface area (Å²) in [6.07, 6.45) is 1.60. The molecule has 0 saturated carbocycles. The number of hydrogen-bond acceptors (Lipinski definition) is 6. The summed E-state index contributed by atoms with van der Waals surface area (Å²) in [6, 6.07) is 20.0. The molecular formula is C25H20N2O5. The molecule has 0 saturated heterocycles. The lowest BCUT2D eigenvalue weighted by Crippen LogP contribution is -2.08. The van der Waals surface area contributed by atoms with Gasteiger partial charge in [0.05, 0.1) is 4.92 Å². The molecule has 4 rings (SSSR count). The number of esters is 1. The van der Waals surface area contributed by atoms with Gasteiger partial charge < -0.3 is 9.47 Å². The second-order valence-electron chi connectivity index (χ2n) is 7.39. The number of rotatable bonds is 6. The number of aryl methyl sites for hydroxylation is 1. The molecule has 0 amide bonds. The fraction of sp³-hybridized carbons (Fsp3) is 0.120. The van der Waals surface area contributed by atoms with Crippen LogP contribution in [0.5, 0.6) is 5.75 Å². The van der Waals surface area contributed by atoms with E-state index < -0.39 is 10.9 Å². The first kappa shape index (κ1) is 21.0. The maximum atomic E-state index is 12.3. The van der Waals surface area contributed by atoms with E-state index in [1.165, 1.54) is 17.7 Å². The molecule has 0 spiro atoms. The summed E-state index contributed by atoms with van der Waals surface area (Å²) in [5.74, 6) is 0.158. The number of nitro benzene ring substituents is 1. The highest BCUT2D eigenvalue weighted by Gasteiger charge is 2.27. The van der Waals surface area contributed by atoms with E-state index in [0.29, 0.717) is 23.5 Å². The van der Waals surface area contributed by atoms with Gasteiger partial charge in [-0.05, 0) is 49.2 Å². The van der Waals surface area contributed by atoms with E-state index in [9.17, 15) is 14.9 Å². The Morgan fingerprint density at radius 3 is 2.53 bits per heavy atom. The molecule has 0 aliphatic carbocycles. The van der Waals surface area contributed by atoms with Crippen molar-refractivity contribution in [2.24, 2.45) is 4.99 Å². The average molecular weight is 428 g/mol. The maximum absolute atomic E-state index is 12.3. The van der Waals surface area contributed by atoms with Gasteiger partial charge in [0.25, 0.3) is 5.69 Å². The first-order chi connectivity index (χ1) is 15.4. The molecule has 0 bridgehead atoms. The van der Waals surface area contributed by atoms with Crippen LogP contribution < -0.4 is 4.74 Å². The van der Waals surface area contributed by atoms with Crippen molar-refractivity contribution in [2.45, 2.75) is 20.5 Å². The third-order valence-electron chi connectivity index (χ3n) is 5.02. The van der Waals surface area contributed by atoms with Gasteiger partial charge in [0, 0.05) is 17.2 Å². The van der Waals surface area contributed by atoms with Crippen LogP contribution in [0.25, 0.3) is 6.08 Å². The maximum Gasteiger partial charge on any atom is 0.363 e. The van der Waals surface area contributed by atoms with Crippen molar-refractivity contribution < 1.29 is 19.2 Å². The lowest BCUT2D eigenvalue weighted by atomic mass is 10.1. The number of benzene rings is 3. The molecule has 1 aliphatic heterocycles. The van der Waals surface area contributed by atoms with E-state index in [0.717, 1.165) is 11.1 Å². The highest BCUT2D eigenvalue weighted by Crippen LogP contribution is 2.26. The summed E-state index contributed by atoms with van der Waals surface area (Å²) in [5, 5.41) is 11.2. The van der Waals surface area contributed by atoms with Crippen LogP contribution in [0.2, 0.25) is 0 Å². The highest BCUT2D eigenvalue weighted by molar-refractivity contribution is 6.13. The molecule has 0 fully saturated rings. The van der Waals surface area contributed by atoms with Gasteiger partial charge in [0.2, 0.25) is 5.90 Å². The fourth-order valence-corrected chi connectivity index (χ4v) is 3.36. The Hall–Kier alpha value is -4.26. The minimum Gasteiger partial charge on any atom is -0.489 e. The van der Waals surface area contributed by atoms with Crippen molar-refractivity contribution >= 4 is 23.6 Å². The third-order valence-corrected chi connectivity index (χ3v) is 5.02. The number of aliphatic imine (C=N–C) groups is 1. The predicted molar refractivity (Wildman–Crippen MR) is 120 cm³/mol. The molecule has 7 nitrogen and oxygen atoms in total. The summed E-state index contributed by atoms with van der Waals surface area (Å²) < 4.78 is 11.1. The number of carbonyl (C=O) groups excluding carboxylic acids is 1. The first-order valence-electron chi connectivity index (χ1n) is 9.96. The van der Waals surface area contributed by atoms with E-state index in [2.05, 4.69) is 11.1 Å². The third kappa shape index (κ3) is 4.57. The van der Waals surface area contributed by atoms with Crippen molar-refractivity contribution in [1.29, 1.82) is 0 Å². The van der Waals surface area contributed by atoms with Crippen LogP contribution >= 0.6 is 0 Å². The fourth-order valence-electron chi connectivity index (χ4n) is 3.36. The molecule has 3 aromatic rings. The van der Waals surface area contributed by atoms with Gasteiger partial charge in [-0.25, -0.2) is 9.79 Å². The standard InChI is InChI=1S/C25H20N2O5/c1-16-5-3-6-19(13-16)15-31-20-11-9-18(10-12-20)14-22-25(28)32-24(26-22)21-7-4-8-23(17(21)2)27(29)30/h3-14H,15H2,1-2H3/b22-14-. The SMILES string of the molecule is Cc1cccc(COc2ccc(/C=C3\N=C(c4cccc([N+](=O)[O-])c4C)OC3=O)cc2)c1. The smallest absolute Gasteiger partial charge is 0.363 e. The van der Waals surface area contributed by atoms with Gasteiger partial charge >= 0.3 is 5.97 Å². The number of ether oxygens (including phenoxy) is 2. The second kappa shape index (κ2) is 8.85. The molecule has 1 aliphatic rings. The Labute approximate surface area is 184 Å². The lowest BCUT2D eigenvalue weighted by Gasteiger charge is -2.07. The number of carbonyl (C=O) groups is 1. The quantitative estimate of drug-likeness (QED) is 0.235. The van der Waals surface area contributed by atoms with E-state index >= 15 is 0 Å². The number of cyclic esters (lactones) is 1. The molecule has 0 aromatic heterocycles. The number of nitro groups is 1. The van der Waals surface area contributed by atoms with Gasteiger partial charge in [0.15, 0.2) is 5.70 Å². The Bertz CT molecular complexity index is 1260. The van der Waals surface area contributed by atoms with Crippen LogP contribution in [-0.4, -0.2) is 16.8 Å². The molecule has 0 atom stereocenters. The lowest BCUT2D eigenvalue weighted by molar-refractivity contribution is -0.385. The van der Waals surface area contributed by atoms with Crippen LogP contribution in [0.4, 0.5) is 5.69 Å². The summed E-state index contributed by atoms with van der Waals surface area (Å²) in [6.45, 7) is 4.10. The largest absolute Gasteiger partial charge is 0.489 e. The summed E-state index contributed by atoms with van der Waals surface area (Å²) in [7, 11) is 0. The van der Waals surface area contributed by atoms with Crippen LogP contribution in [0.3, 0.4) is 0 Å². The molecule has 0 radical (unpaired) electrons. The minimum atomic E-state index is -0.606. The van der Waals surface area contributed by atoms with Crippen molar-refractivity contribution in [3.8, 4) is 5.75 Å². The Kier molecular flexibility index (Phi) is 5.81. The topological polar surface area (TPSA) is 91.0 Å². The molecular weight excluding hydrogens is 408 g/mol.